The first-order valence-electron chi connectivity index (χ1n) is 4.78. The molecule has 1 atom stereocenters. The van der Waals surface area contributed by atoms with E-state index >= 15 is 0 Å². The lowest BCUT2D eigenvalue weighted by molar-refractivity contribution is 0.611. The van der Waals surface area contributed by atoms with Gasteiger partial charge in [-0.25, -0.2) is 0 Å². The minimum Gasteiger partial charge on any atom is -0.114 e. The number of allylic oxidation sites excluding steroid dienone is 1. The molecule has 0 saturated heterocycles. The lowest BCUT2D eigenvalue weighted by atomic mass is 10.1. The van der Waals surface area contributed by atoms with Gasteiger partial charge in [-0.1, -0.05) is 50.9 Å². The Balaban J connectivity index is 2.79. The van der Waals surface area contributed by atoms with Crippen molar-refractivity contribution in [3.8, 4) is 0 Å². The average Bonchev–Trinajstić information content (AvgIpc) is 2.03. The second kappa shape index (κ2) is 10.2. The fourth-order valence-electron chi connectivity index (χ4n) is 1.14. The van der Waals surface area contributed by atoms with Crippen LogP contribution < -0.4 is 0 Å². The maximum Gasteiger partial charge on any atom is -0.0347 e. The zero-order valence-electron chi connectivity index (χ0n) is 7.68. The SMILES string of the molecule is CCCCCCCCC=CP. The summed E-state index contributed by atoms with van der Waals surface area (Å²) in [6.45, 7) is 2.26. The van der Waals surface area contributed by atoms with Crippen LogP contribution in [0, 0.1) is 0 Å². The first-order chi connectivity index (χ1) is 5.41. The van der Waals surface area contributed by atoms with Gasteiger partial charge in [0.25, 0.3) is 0 Å². The lowest BCUT2D eigenvalue weighted by Gasteiger charge is -1.96. The van der Waals surface area contributed by atoms with Crippen LogP contribution in [-0.2, 0) is 0 Å². The molecule has 0 saturated carbocycles. The molecule has 0 spiro atoms. The third-order valence-corrected chi connectivity index (χ3v) is 2.13. The number of unbranched alkanes of at least 4 members (excludes halogenated alkanes) is 6. The van der Waals surface area contributed by atoms with Crippen LogP contribution in [0.5, 0.6) is 0 Å². The van der Waals surface area contributed by atoms with E-state index in [0.29, 0.717) is 0 Å². The van der Waals surface area contributed by atoms with Gasteiger partial charge in [0.15, 0.2) is 0 Å². The summed E-state index contributed by atoms with van der Waals surface area (Å²) in [6, 6.07) is 0. The Labute approximate surface area is 73.7 Å². The largest absolute Gasteiger partial charge is 0.114 e. The lowest BCUT2D eigenvalue weighted by Crippen LogP contribution is -1.77. The van der Waals surface area contributed by atoms with E-state index in [1.807, 2.05) is 0 Å². The van der Waals surface area contributed by atoms with E-state index in [9.17, 15) is 0 Å². The molecule has 0 aliphatic rings. The Morgan fingerprint density at radius 3 is 2.27 bits per heavy atom. The van der Waals surface area contributed by atoms with Crippen LogP contribution in [0.15, 0.2) is 11.9 Å². The van der Waals surface area contributed by atoms with Crippen LogP contribution in [0.1, 0.15) is 51.9 Å². The van der Waals surface area contributed by atoms with Crippen LogP contribution in [0.2, 0.25) is 0 Å². The van der Waals surface area contributed by atoms with Gasteiger partial charge < -0.3 is 0 Å². The average molecular weight is 172 g/mol. The molecule has 0 amide bonds. The van der Waals surface area contributed by atoms with E-state index < -0.39 is 0 Å². The first-order valence-corrected chi connectivity index (χ1v) is 5.45. The smallest absolute Gasteiger partial charge is 0.0347 e. The minimum atomic E-state index is 1.26. The molecule has 0 N–H and O–H groups in total. The maximum atomic E-state index is 2.61. The quantitative estimate of drug-likeness (QED) is 0.400. The Morgan fingerprint density at radius 2 is 1.64 bits per heavy atom. The minimum absolute atomic E-state index is 1.26. The fourth-order valence-corrected chi connectivity index (χ4v) is 1.33. The van der Waals surface area contributed by atoms with Crippen molar-refractivity contribution >= 4 is 9.24 Å². The third kappa shape index (κ3) is 10.2. The highest BCUT2D eigenvalue weighted by Gasteiger charge is 1.86. The van der Waals surface area contributed by atoms with Gasteiger partial charge in [0.2, 0.25) is 0 Å². The van der Waals surface area contributed by atoms with Gasteiger partial charge in [-0.3, -0.25) is 0 Å². The van der Waals surface area contributed by atoms with Gasteiger partial charge in [0.05, 0.1) is 0 Å². The summed E-state index contributed by atoms with van der Waals surface area (Å²) in [6.07, 6.45) is 11.9. The molecular weight excluding hydrogens is 151 g/mol. The Morgan fingerprint density at radius 1 is 1.00 bits per heavy atom. The van der Waals surface area contributed by atoms with E-state index in [1.54, 1.807) is 0 Å². The molecule has 0 aromatic rings. The van der Waals surface area contributed by atoms with Gasteiger partial charge in [0.1, 0.15) is 0 Å². The van der Waals surface area contributed by atoms with Gasteiger partial charge >= 0.3 is 0 Å². The number of rotatable bonds is 7. The molecule has 0 bridgehead atoms. The van der Waals surface area contributed by atoms with E-state index in [2.05, 4.69) is 28.1 Å². The molecule has 0 fully saturated rings. The summed E-state index contributed by atoms with van der Waals surface area (Å²) in [5.41, 5.74) is 0. The van der Waals surface area contributed by atoms with Gasteiger partial charge in [-0.2, -0.15) is 0 Å². The van der Waals surface area contributed by atoms with E-state index in [4.69, 9.17) is 0 Å². The van der Waals surface area contributed by atoms with Crippen LogP contribution in [-0.4, -0.2) is 0 Å². The summed E-state index contributed by atoms with van der Waals surface area (Å²) < 4.78 is 0. The van der Waals surface area contributed by atoms with Crippen LogP contribution in [0.3, 0.4) is 0 Å². The van der Waals surface area contributed by atoms with Gasteiger partial charge in [0, 0.05) is 0 Å². The summed E-state index contributed by atoms with van der Waals surface area (Å²) in [7, 11) is 2.61. The zero-order valence-corrected chi connectivity index (χ0v) is 8.84. The van der Waals surface area contributed by atoms with Crippen molar-refractivity contribution in [1.29, 1.82) is 0 Å². The molecule has 0 rings (SSSR count). The topological polar surface area (TPSA) is 0 Å². The van der Waals surface area contributed by atoms with Gasteiger partial charge in [-0.15, -0.1) is 9.24 Å². The highest BCUT2D eigenvalue weighted by Crippen LogP contribution is 2.07. The molecule has 1 heteroatoms. The first kappa shape index (κ1) is 11.2. The van der Waals surface area contributed by atoms with Crippen molar-refractivity contribution in [2.75, 3.05) is 0 Å². The maximum absolute atomic E-state index is 2.61. The van der Waals surface area contributed by atoms with Crippen LogP contribution in [0.4, 0.5) is 0 Å². The summed E-state index contributed by atoms with van der Waals surface area (Å²) in [4.78, 5) is 0. The summed E-state index contributed by atoms with van der Waals surface area (Å²) in [5.74, 6) is 2.06. The van der Waals surface area contributed by atoms with Gasteiger partial charge in [-0.05, 0) is 12.8 Å². The second-order valence-corrected chi connectivity index (χ2v) is 3.37. The van der Waals surface area contributed by atoms with Crippen molar-refractivity contribution in [3.05, 3.63) is 11.9 Å². The molecule has 0 aromatic carbocycles. The predicted octanol–water partition coefficient (Wildman–Crippen LogP) is 4.13. The highest BCUT2D eigenvalue weighted by molar-refractivity contribution is 7.20. The molecule has 0 aromatic heterocycles. The standard InChI is InChI=1S/C10H21P/c1-2-3-4-5-6-7-8-9-10-11/h9-10H,2-8,11H2,1H3. The molecule has 1 unspecified atom stereocenters. The van der Waals surface area contributed by atoms with Crippen molar-refractivity contribution in [2.24, 2.45) is 0 Å². The summed E-state index contributed by atoms with van der Waals surface area (Å²) in [5, 5.41) is 0. The normalized spacial score (nSPS) is 11.1. The monoisotopic (exact) mass is 172 g/mol. The molecular formula is C10H21P. The van der Waals surface area contributed by atoms with Crippen molar-refractivity contribution < 1.29 is 0 Å². The molecule has 0 nitrogen and oxygen atoms in total. The van der Waals surface area contributed by atoms with E-state index in [1.165, 1.54) is 44.9 Å². The molecule has 0 radical (unpaired) electrons. The Kier molecular flexibility index (Phi) is 10.3. The summed E-state index contributed by atoms with van der Waals surface area (Å²) >= 11 is 0. The van der Waals surface area contributed by atoms with E-state index in [0.717, 1.165) is 0 Å². The predicted molar refractivity (Wildman–Crippen MR) is 56.8 cm³/mol. The zero-order chi connectivity index (χ0) is 8.36. The molecule has 11 heavy (non-hydrogen) atoms. The number of hydrogen-bond acceptors (Lipinski definition) is 0. The third-order valence-electron chi connectivity index (χ3n) is 1.86. The fraction of sp³-hybridized carbons (Fsp3) is 0.800. The van der Waals surface area contributed by atoms with Crippen molar-refractivity contribution in [1.82, 2.24) is 0 Å². The number of hydrogen-bond donors (Lipinski definition) is 0. The molecule has 0 aliphatic carbocycles. The van der Waals surface area contributed by atoms with Crippen LogP contribution in [0.25, 0.3) is 0 Å². The van der Waals surface area contributed by atoms with Crippen LogP contribution >= 0.6 is 9.24 Å². The van der Waals surface area contributed by atoms with Crippen molar-refractivity contribution in [3.63, 3.8) is 0 Å². The second-order valence-electron chi connectivity index (χ2n) is 2.98. The molecule has 66 valence electrons. The van der Waals surface area contributed by atoms with E-state index in [-0.39, 0.29) is 0 Å². The molecule has 0 heterocycles. The highest BCUT2D eigenvalue weighted by atomic mass is 31.0. The van der Waals surface area contributed by atoms with Crippen molar-refractivity contribution in [2.45, 2.75) is 51.9 Å². The molecule has 0 aliphatic heterocycles. The Bertz CT molecular complexity index is 86.9. The Hall–Kier alpha value is 0.170.